The summed E-state index contributed by atoms with van der Waals surface area (Å²) >= 11 is 1.06. The van der Waals surface area contributed by atoms with Crippen molar-refractivity contribution in [2.24, 2.45) is 0 Å². The number of carbonyl (C=O) groups is 2. The van der Waals surface area contributed by atoms with Crippen molar-refractivity contribution < 1.29 is 14.7 Å². The van der Waals surface area contributed by atoms with Crippen molar-refractivity contribution in [1.82, 2.24) is 10.3 Å². The summed E-state index contributed by atoms with van der Waals surface area (Å²) < 4.78 is 0. The van der Waals surface area contributed by atoms with Crippen molar-refractivity contribution in [2.75, 3.05) is 7.05 Å². The van der Waals surface area contributed by atoms with Crippen LogP contribution in [0.2, 0.25) is 0 Å². The number of aryl methyl sites for hydroxylation is 1. The van der Waals surface area contributed by atoms with E-state index in [0.29, 0.717) is 17.1 Å². The Hall–Kier alpha value is -1.43. The second kappa shape index (κ2) is 4.88. The highest BCUT2D eigenvalue weighted by Crippen LogP contribution is 2.19. The minimum absolute atomic E-state index is 0.140. The van der Waals surface area contributed by atoms with Gasteiger partial charge in [-0.15, -0.1) is 11.3 Å². The van der Waals surface area contributed by atoms with Crippen LogP contribution in [0.3, 0.4) is 0 Å². The van der Waals surface area contributed by atoms with E-state index in [1.54, 1.807) is 0 Å². The highest BCUT2D eigenvalue weighted by molar-refractivity contribution is 7.13. The Morgan fingerprint density at radius 3 is 2.60 bits per heavy atom. The summed E-state index contributed by atoms with van der Waals surface area (Å²) in [6, 6.07) is 0. The minimum Gasteiger partial charge on any atom is -0.477 e. The van der Waals surface area contributed by atoms with E-state index in [1.807, 2.05) is 6.92 Å². The van der Waals surface area contributed by atoms with Gasteiger partial charge in [0.05, 0.1) is 12.1 Å². The van der Waals surface area contributed by atoms with Crippen molar-refractivity contribution >= 4 is 23.2 Å². The third-order valence-electron chi connectivity index (χ3n) is 1.86. The lowest BCUT2D eigenvalue weighted by Crippen LogP contribution is -2.19. The molecule has 6 heteroatoms. The van der Waals surface area contributed by atoms with Gasteiger partial charge in [-0.25, -0.2) is 9.78 Å². The van der Waals surface area contributed by atoms with Crippen LogP contribution in [0, 0.1) is 0 Å². The Labute approximate surface area is 91.1 Å². The molecule has 0 saturated carbocycles. The van der Waals surface area contributed by atoms with Gasteiger partial charge in [0.15, 0.2) is 0 Å². The molecule has 15 heavy (non-hydrogen) atoms. The predicted octanol–water partition coefficient (Wildman–Crippen LogP) is 0.692. The van der Waals surface area contributed by atoms with Crippen LogP contribution in [0.25, 0.3) is 0 Å². The second-order valence-corrected chi connectivity index (χ2v) is 3.98. The Morgan fingerprint density at radius 2 is 2.20 bits per heavy atom. The number of likely N-dealkylation sites (N-methyl/N-ethyl adjacent to an activating group) is 1. The molecule has 0 atom stereocenters. The number of aromatic carboxylic acids is 1. The molecule has 0 aliphatic carbocycles. The highest BCUT2D eigenvalue weighted by Gasteiger charge is 2.16. The number of nitrogens with zero attached hydrogens (tertiary/aromatic N) is 1. The molecule has 0 radical (unpaired) electrons. The van der Waals surface area contributed by atoms with Gasteiger partial charge in [0.25, 0.3) is 0 Å². The van der Waals surface area contributed by atoms with Gasteiger partial charge in [-0.3, -0.25) is 4.79 Å². The van der Waals surface area contributed by atoms with Crippen molar-refractivity contribution in [3.8, 4) is 0 Å². The Bertz CT molecular complexity index is 387. The van der Waals surface area contributed by atoms with Crippen LogP contribution in [0.1, 0.15) is 27.3 Å². The number of hydrogen-bond donors (Lipinski definition) is 2. The van der Waals surface area contributed by atoms with Gasteiger partial charge in [-0.1, -0.05) is 6.92 Å². The number of aromatic nitrogens is 1. The Balaban J connectivity index is 2.92. The van der Waals surface area contributed by atoms with Crippen LogP contribution >= 0.6 is 11.3 Å². The van der Waals surface area contributed by atoms with Crippen LogP contribution in [0.15, 0.2) is 0 Å². The van der Waals surface area contributed by atoms with Crippen molar-refractivity contribution in [2.45, 2.75) is 19.8 Å². The van der Waals surface area contributed by atoms with E-state index < -0.39 is 5.97 Å². The van der Waals surface area contributed by atoms with Crippen LogP contribution < -0.4 is 5.32 Å². The van der Waals surface area contributed by atoms with E-state index in [9.17, 15) is 9.59 Å². The van der Waals surface area contributed by atoms with Gasteiger partial charge in [-0.2, -0.15) is 0 Å². The molecule has 82 valence electrons. The molecular weight excluding hydrogens is 216 g/mol. The molecule has 0 saturated heterocycles. The predicted molar refractivity (Wildman–Crippen MR) is 56.2 cm³/mol. The zero-order valence-electron chi connectivity index (χ0n) is 8.53. The summed E-state index contributed by atoms with van der Waals surface area (Å²) in [5, 5.41) is 11.9. The topological polar surface area (TPSA) is 79.3 Å². The fourth-order valence-corrected chi connectivity index (χ4v) is 2.10. The standard InChI is InChI=1S/C9H12N2O3S/c1-3-5-8(9(13)14)15-7(11-5)4-6(12)10-2/h3-4H2,1-2H3,(H,10,12)(H,13,14). The number of thiazole rings is 1. The third kappa shape index (κ3) is 2.76. The van der Waals surface area contributed by atoms with Gasteiger partial charge in [0.2, 0.25) is 5.91 Å². The van der Waals surface area contributed by atoms with Crippen LogP contribution in [0.4, 0.5) is 0 Å². The van der Waals surface area contributed by atoms with E-state index in [2.05, 4.69) is 10.3 Å². The Morgan fingerprint density at radius 1 is 1.53 bits per heavy atom. The number of carboxylic acids is 1. The normalized spacial score (nSPS) is 10.0. The largest absolute Gasteiger partial charge is 0.477 e. The van der Waals surface area contributed by atoms with Crippen molar-refractivity contribution in [1.29, 1.82) is 0 Å². The molecule has 1 heterocycles. The molecular formula is C9H12N2O3S. The second-order valence-electron chi connectivity index (χ2n) is 2.89. The lowest BCUT2D eigenvalue weighted by molar-refractivity contribution is -0.119. The number of carboxylic acid groups (broad SMARTS) is 1. The van der Waals surface area contributed by atoms with Crippen LogP contribution in [-0.2, 0) is 17.6 Å². The SMILES string of the molecule is CCc1nc(CC(=O)NC)sc1C(=O)O. The molecule has 0 aliphatic rings. The van der Waals surface area contributed by atoms with E-state index in [4.69, 9.17) is 5.11 Å². The fraction of sp³-hybridized carbons (Fsp3) is 0.444. The van der Waals surface area contributed by atoms with Gasteiger partial charge in [0, 0.05) is 7.05 Å². The molecule has 1 aromatic heterocycles. The van der Waals surface area contributed by atoms with Gasteiger partial charge >= 0.3 is 5.97 Å². The summed E-state index contributed by atoms with van der Waals surface area (Å²) in [6.45, 7) is 1.84. The van der Waals surface area contributed by atoms with Gasteiger partial charge in [-0.05, 0) is 6.42 Å². The molecule has 0 aliphatic heterocycles. The quantitative estimate of drug-likeness (QED) is 0.794. The molecule has 2 N–H and O–H groups in total. The lowest BCUT2D eigenvalue weighted by atomic mass is 10.3. The summed E-state index contributed by atoms with van der Waals surface area (Å²) in [7, 11) is 1.54. The summed E-state index contributed by atoms with van der Waals surface area (Å²) in [5.41, 5.74) is 0.548. The first-order chi connectivity index (χ1) is 7.08. The van der Waals surface area contributed by atoms with Crippen molar-refractivity contribution in [3.05, 3.63) is 15.6 Å². The maximum Gasteiger partial charge on any atom is 0.347 e. The average molecular weight is 228 g/mol. The third-order valence-corrected chi connectivity index (χ3v) is 2.95. The monoisotopic (exact) mass is 228 g/mol. The maximum absolute atomic E-state index is 11.1. The number of amides is 1. The number of carbonyl (C=O) groups excluding carboxylic acids is 1. The molecule has 0 spiro atoms. The minimum atomic E-state index is -0.979. The smallest absolute Gasteiger partial charge is 0.347 e. The number of rotatable bonds is 4. The fourth-order valence-electron chi connectivity index (χ4n) is 1.11. The first-order valence-electron chi connectivity index (χ1n) is 4.51. The van der Waals surface area contributed by atoms with Gasteiger partial charge < -0.3 is 10.4 Å². The zero-order valence-corrected chi connectivity index (χ0v) is 9.35. The maximum atomic E-state index is 11.1. The van der Waals surface area contributed by atoms with E-state index >= 15 is 0 Å². The molecule has 0 bridgehead atoms. The van der Waals surface area contributed by atoms with E-state index in [-0.39, 0.29) is 17.2 Å². The molecule has 1 rings (SSSR count). The lowest BCUT2D eigenvalue weighted by Gasteiger charge is -1.93. The van der Waals surface area contributed by atoms with E-state index in [0.717, 1.165) is 11.3 Å². The number of nitrogens with one attached hydrogen (secondary N) is 1. The summed E-state index contributed by atoms with van der Waals surface area (Å²) in [5.74, 6) is -1.14. The summed E-state index contributed by atoms with van der Waals surface area (Å²) in [6.07, 6.45) is 0.702. The molecule has 0 fully saturated rings. The van der Waals surface area contributed by atoms with E-state index in [1.165, 1.54) is 7.05 Å². The number of hydrogen-bond acceptors (Lipinski definition) is 4. The first-order valence-corrected chi connectivity index (χ1v) is 5.32. The molecule has 5 nitrogen and oxygen atoms in total. The first kappa shape index (κ1) is 11.6. The van der Waals surface area contributed by atoms with Crippen molar-refractivity contribution in [3.63, 3.8) is 0 Å². The molecule has 0 aromatic carbocycles. The van der Waals surface area contributed by atoms with Crippen LogP contribution in [0.5, 0.6) is 0 Å². The molecule has 1 aromatic rings. The highest BCUT2D eigenvalue weighted by atomic mass is 32.1. The summed E-state index contributed by atoms with van der Waals surface area (Å²) in [4.78, 5) is 26.2. The molecule has 0 unspecified atom stereocenters. The van der Waals surface area contributed by atoms with Crippen LogP contribution in [-0.4, -0.2) is 29.0 Å². The molecule has 1 amide bonds. The zero-order chi connectivity index (χ0) is 11.4. The Kier molecular flexibility index (Phi) is 3.79. The van der Waals surface area contributed by atoms with Gasteiger partial charge in [0.1, 0.15) is 9.88 Å². The average Bonchev–Trinajstić information content (AvgIpc) is 2.60.